The standard InChI is InChI=1S/C7H17N5O/c1-6(2)12(9)11-7(8)3-4-10-5-13/h5-6H,3-4,9H2,1-2H3,(H2,8,11)(H,10,13). The summed E-state index contributed by atoms with van der Waals surface area (Å²) in [5.41, 5.74) is 5.53. The molecule has 0 bridgehead atoms. The second-order valence-electron chi connectivity index (χ2n) is 2.89. The zero-order chi connectivity index (χ0) is 10.3. The largest absolute Gasteiger partial charge is 0.386 e. The number of carbonyl (C=O) groups is 1. The van der Waals surface area contributed by atoms with E-state index in [1.807, 2.05) is 13.8 Å². The summed E-state index contributed by atoms with van der Waals surface area (Å²) in [5, 5.41) is 7.67. The van der Waals surface area contributed by atoms with Crippen molar-refractivity contribution in [3.63, 3.8) is 0 Å². The Hall–Kier alpha value is -1.30. The van der Waals surface area contributed by atoms with Gasteiger partial charge >= 0.3 is 0 Å². The average Bonchev–Trinajstić information content (AvgIpc) is 2.04. The van der Waals surface area contributed by atoms with Crippen LogP contribution in [0, 0.1) is 0 Å². The van der Waals surface area contributed by atoms with Crippen LogP contribution in [0.4, 0.5) is 0 Å². The van der Waals surface area contributed by atoms with Crippen LogP contribution in [0.25, 0.3) is 0 Å². The summed E-state index contributed by atoms with van der Waals surface area (Å²) in [6, 6.07) is 0.109. The molecule has 0 saturated carbocycles. The van der Waals surface area contributed by atoms with Gasteiger partial charge in [-0.2, -0.15) is 0 Å². The summed E-state index contributed by atoms with van der Waals surface area (Å²) in [5.74, 6) is 5.91. The molecular weight excluding hydrogens is 170 g/mol. The summed E-state index contributed by atoms with van der Waals surface area (Å²) in [4.78, 5) is 9.89. The average molecular weight is 187 g/mol. The number of hydrazine groups is 1. The van der Waals surface area contributed by atoms with E-state index in [9.17, 15) is 4.79 Å². The smallest absolute Gasteiger partial charge is 0.207 e. The Bertz CT molecular complexity index is 180. The second kappa shape index (κ2) is 6.24. The second-order valence-corrected chi connectivity index (χ2v) is 2.89. The third kappa shape index (κ3) is 5.92. The molecule has 0 atom stereocenters. The first-order chi connectivity index (χ1) is 6.07. The lowest BCUT2D eigenvalue weighted by atomic mass is 10.4. The van der Waals surface area contributed by atoms with Crippen LogP contribution < -0.4 is 16.9 Å². The molecule has 0 saturated heterocycles. The van der Waals surface area contributed by atoms with Gasteiger partial charge in [0, 0.05) is 13.0 Å². The quantitative estimate of drug-likeness (QED) is 0.124. The number of carbonyl (C=O) groups excluding carboxylic acids is 1. The van der Waals surface area contributed by atoms with Gasteiger partial charge in [-0.3, -0.25) is 4.79 Å². The van der Waals surface area contributed by atoms with Gasteiger partial charge in [0.05, 0.1) is 6.04 Å². The van der Waals surface area contributed by atoms with Crippen LogP contribution in [0.3, 0.4) is 0 Å². The third-order valence-corrected chi connectivity index (χ3v) is 1.38. The molecule has 0 heterocycles. The van der Waals surface area contributed by atoms with E-state index in [1.54, 1.807) is 0 Å². The molecule has 6 heteroatoms. The molecule has 0 aliphatic heterocycles. The Morgan fingerprint density at radius 1 is 1.69 bits per heavy atom. The maximum absolute atomic E-state index is 9.89. The summed E-state index contributed by atoms with van der Waals surface area (Å²) in [7, 11) is 0. The van der Waals surface area contributed by atoms with Gasteiger partial charge in [-0.25, -0.2) is 11.0 Å². The highest BCUT2D eigenvalue weighted by atomic mass is 16.1. The molecular formula is C7H17N5O. The molecule has 13 heavy (non-hydrogen) atoms. The topological polar surface area (TPSA) is 96.7 Å². The van der Waals surface area contributed by atoms with Crippen LogP contribution in [0.1, 0.15) is 20.3 Å². The molecule has 5 N–H and O–H groups in total. The lowest BCUT2D eigenvalue weighted by Crippen LogP contribution is -2.35. The molecule has 0 fully saturated rings. The number of nitrogens with two attached hydrogens (primary N) is 2. The van der Waals surface area contributed by atoms with Gasteiger partial charge in [-0.05, 0) is 13.8 Å². The normalized spacial score (nSPS) is 11.5. The highest BCUT2D eigenvalue weighted by Gasteiger charge is 2.00. The van der Waals surface area contributed by atoms with E-state index < -0.39 is 0 Å². The maximum Gasteiger partial charge on any atom is 0.207 e. The van der Waals surface area contributed by atoms with Crippen LogP contribution in [0.15, 0.2) is 5.10 Å². The van der Waals surface area contributed by atoms with Gasteiger partial charge in [0.1, 0.15) is 5.84 Å². The van der Waals surface area contributed by atoms with Crippen molar-refractivity contribution in [3.8, 4) is 0 Å². The minimum Gasteiger partial charge on any atom is -0.386 e. The summed E-state index contributed by atoms with van der Waals surface area (Å²) in [6.07, 6.45) is 1.12. The molecule has 0 spiro atoms. The van der Waals surface area contributed by atoms with Crippen molar-refractivity contribution >= 4 is 12.2 Å². The minimum absolute atomic E-state index is 0.109. The van der Waals surface area contributed by atoms with Crippen molar-refractivity contribution in [3.05, 3.63) is 0 Å². The van der Waals surface area contributed by atoms with E-state index in [1.165, 1.54) is 5.12 Å². The Morgan fingerprint density at radius 2 is 2.31 bits per heavy atom. The van der Waals surface area contributed by atoms with E-state index in [4.69, 9.17) is 11.6 Å². The van der Waals surface area contributed by atoms with Crippen molar-refractivity contribution in [2.24, 2.45) is 16.7 Å². The van der Waals surface area contributed by atoms with Crippen LogP contribution in [-0.2, 0) is 4.79 Å². The zero-order valence-corrected chi connectivity index (χ0v) is 8.03. The van der Waals surface area contributed by atoms with Gasteiger partial charge in [-0.1, -0.05) is 0 Å². The Labute approximate surface area is 77.9 Å². The first kappa shape index (κ1) is 11.7. The number of amides is 1. The molecule has 0 unspecified atom stereocenters. The monoisotopic (exact) mass is 187 g/mol. The van der Waals surface area contributed by atoms with Crippen LogP contribution in [0.2, 0.25) is 0 Å². The molecule has 0 radical (unpaired) electrons. The molecule has 6 nitrogen and oxygen atoms in total. The predicted molar refractivity (Wildman–Crippen MR) is 51.5 cm³/mol. The molecule has 76 valence electrons. The molecule has 0 aromatic carbocycles. The number of hydrogen-bond donors (Lipinski definition) is 3. The SMILES string of the molecule is CC(C)N(N)/N=C(\N)CCNC=O. The summed E-state index contributed by atoms with van der Waals surface area (Å²) < 4.78 is 0. The molecule has 0 rings (SSSR count). The number of nitrogens with one attached hydrogen (secondary N) is 1. The Kier molecular flexibility index (Phi) is 5.62. The van der Waals surface area contributed by atoms with E-state index >= 15 is 0 Å². The Morgan fingerprint density at radius 3 is 2.77 bits per heavy atom. The van der Waals surface area contributed by atoms with Crippen LogP contribution in [-0.4, -0.2) is 30.0 Å². The summed E-state index contributed by atoms with van der Waals surface area (Å²) in [6.45, 7) is 4.28. The van der Waals surface area contributed by atoms with Crippen molar-refractivity contribution < 1.29 is 4.79 Å². The van der Waals surface area contributed by atoms with E-state index in [0.717, 1.165) is 0 Å². The lowest BCUT2D eigenvalue weighted by molar-refractivity contribution is -0.109. The minimum atomic E-state index is 0.109. The summed E-state index contributed by atoms with van der Waals surface area (Å²) >= 11 is 0. The van der Waals surface area contributed by atoms with Gasteiger partial charge in [0.15, 0.2) is 0 Å². The van der Waals surface area contributed by atoms with Gasteiger partial charge in [-0.15, -0.1) is 5.10 Å². The van der Waals surface area contributed by atoms with Gasteiger partial charge in [0.25, 0.3) is 0 Å². The zero-order valence-electron chi connectivity index (χ0n) is 8.03. The fourth-order valence-electron chi connectivity index (χ4n) is 0.573. The van der Waals surface area contributed by atoms with Crippen LogP contribution in [0.5, 0.6) is 0 Å². The fourth-order valence-corrected chi connectivity index (χ4v) is 0.573. The molecule has 0 aromatic heterocycles. The van der Waals surface area contributed by atoms with Crippen molar-refractivity contribution in [1.82, 2.24) is 10.4 Å². The predicted octanol–water partition coefficient (Wildman–Crippen LogP) is -1.02. The van der Waals surface area contributed by atoms with E-state index in [-0.39, 0.29) is 6.04 Å². The Balaban J connectivity index is 3.79. The van der Waals surface area contributed by atoms with E-state index in [0.29, 0.717) is 25.2 Å². The first-order valence-electron chi connectivity index (χ1n) is 4.11. The number of nitrogens with zero attached hydrogens (tertiary/aromatic N) is 2. The lowest BCUT2D eigenvalue weighted by Gasteiger charge is -2.17. The molecule has 1 amide bonds. The number of hydrazone groups is 1. The first-order valence-corrected chi connectivity index (χ1v) is 4.11. The van der Waals surface area contributed by atoms with Crippen molar-refractivity contribution in [2.45, 2.75) is 26.3 Å². The fraction of sp³-hybridized carbons (Fsp3) is 0.714. The van der Waals surface area contributed by atoms with Gasteiger partial charge < -0.3 is 11.1 Å². The number of hydrogen-bond acceptors (Lipinski definition) is 4. The highest BCUT2D eigenvalue weighted by molar-refractivity contribution is 5.80. The van der Waals surface area contributed by atoms with Gasteiger partial charge in [0.2, 0.25) is 6.41 Å². The number of amidine groups is 1. The van der Waals surface area contributed by atoms with Crippen molar-refractivity contribution in [2.75, 3.05) is 6.54 Å². The van der Waals surface area contributed by atoms with E-state index in [2.05, 4.69) is 10.4 Å². The molecule has 0 aliphatic carbocycles. The highest BCUT2D eigenvalue weighted by Crippen LogP contribution is 1.91. The number of rotatable bonds is 6. The maximum atomic E-state index is 9.89. The molecule has 0 aliphatic rings. The third-order valence-electron chi connectivity index (χ3n) is 1.38. The van der Waals surface area contributed by atoms with Crippen LogP contribution >= 0.6 is 0 Å². The van der Waals surface area contributed by atoms with Crippen molar-refractivity contribution in [1.29, 1.82) is 0 Å². The molecule has 0 aromatic rings.